The molecule has 0 radical (unpaired) electrons. The average molecular weight is 295 g/mol. The van der Waals surface area contributed by atoms with Crippen LogP contribution in [0.1, 0.15) is 33.6 Å². The zero-order valence-electron chi connectivity index (χ0n) is 13.6. The SMILES string of the molecule is C=C(C)CN1CCC(NC(=O)N2CC(C)OC(C)C2)CC1. The Bertz CT molecular complexity index is 368. The van der Waals surface area contributed by atoms with E-state index in [0.717, 1.165) is 32.5 Å². The van der Waals surface area contributed by atoms with Crippen LogP contribution in [0.5, 0.6) is 0 Å². The van der Waals surface area contributed by atoms with Crippen LogP contribution in [0.25, 0.3) is 0 Å². The van der Waals surface area contributed by atoms with Crippen LogP contribution in [0.3, 0.4) is 0 Å². The molecule has 2 atom stereocenters. The highest BCUT2D eigenvalue weighted by atomic mass is 16.5. The van der Waals surface area contributed by atoms with Crippen molar-refractivity contribution >= 4 is 6.03 Å². The Labute approximate surface area is 128 Å². The molecular formula is C16H29N3O2. The molecule has 5 heteroatoms. The van der Waals surface area contributed by atoms with Crippen molar-refractivity contribution in [2.75, 3.05) is 32.7 Å². The van der Waals surface area contributed by atoms with Crippen molar-refractivity contribution in [3.05, 3.63) is 12.2 Å². The Balaban J connectivity index is 1.75. The fourth-order valence-electron chi connectivity index (χ4n) is 3.23. The van der Waals surface area contributed by atoms with Crippen LogP contribution in [0.15, 0.2) is 12.2 Å². The summed E-state index contributed by atoms with van der Waals surface area (Å²) in [5.74, 6) is 0. The van der Waals surface area contributed by atoms with Gasteiger partial charge in [-0.2, -0.15) is 0 Å². The van der Waals surface area contributed by atoms with E-state index in [0.29, 0.717) is 19.1 Å². The number of morpholine rings is 1. The number of piperidine rings is 1. The lowest BCUT2D eigenvalue weighted by molar-refractivity contribution is -0.0549. The summed E-state index contributed by atoms with van der Waals surface area (Å²) in [5, 5.41) is 3.19. The quantitative estimate of drug-likeness (QED) is 0.808. The topological polar surface area (TPSA) is 44.8 Å². The van der Waals surface area contributed by atoms with Gasteiger partial charge in [-0.3, -0.25) is 4.90 Å². The summed E-state index contributed by atoms with van der Waals surface area (Å²) in [5.41, 5.74) is 1.20. The van der Waals surface area contributed by atoms with Crippen molar-refractivity contribution in [2.24, 2.45) is 0 Å². The molecule has 0 aliphatic carbocycles. The third-order valence-corrected chi connectivity index (χ3v) is 4.12. The molecule has 2 fully saturated rings. The number of urea groups is 1. The molecule has 1 N–H and O–H groups in total. The van der Waals surface area contributed by atoms with E-state index in [1.165, 1.54) is 5.57 Å². The Morgan fingerprint density at radius 1 is 1.24 bits per heavy atom. The minimum Gasteiger partial charge on any atom is -0.372 e. The number of nitrogens with one attached hydrogen (secondary N) is 1. The number of hydrogen-bond donors (Lipinski definition) is 1. The summed E-state index contributed by atoms with van der Waals surface area (Å²) in [6.45, 7) is 14.5. The smallest absolute Gasteiger partial charge is 0.317 e. The first-order valence-corrected chi connectivity index (χ1v) is 8.01. The van der Waals surface area contributed by atoms with Crippen LogP contribution in [-0.4, -0.2) is 66.8 Å². The lowest BCUT2D eigenvalue weighted by Crippen LogP contribution is -2.55. The van der Waals surface area contributed by atoms with Crippen molar-refractivity contribution in [2.45, 2.75) is 51.9 Å². The predicted molar refractivity (Wildman–Crippen MR) is 84.4 cm³/mol. The Morgan fingerprint density at radius 3 is 2.33 bits per heavy atom. The maximum Gasteiger partial charge on any atom is 0.317 e. The first kappa shape index (κ1) is 16.3. The average Bonchev–Trinajstić information content (AvgIpc) is 2.39. The molecule has 120 valence electrons. The monoisotopic (exact) mass is 295 g/mol. The summed E-state index contributed by atoms with van der Waals surface area (Å²) < 4.78 is 5.67. The van der Waals surface area contributed by atoms with Gasteiger partial charge in [0.1, 0.15) is 0 Å². The first-order chi connectivity index (χ1) is 9.94. The summed E-state index contributed by atoms with van der Waals surface area (Å²) in [6.07, 6.45) is 2.29. The number of ether oxygens (including phenoxy) is 1. The Morgan fingerprint density at radius 2 is 1.81 bits per heavy atom. The second-order valence-corrected chi connectivity index (χ2v) is 6.62. The summed E-state index contributed by atoms with van der Waals surface area (Å²) in [4.78, 5) is 16.6. The fourth-order valence-corrected chi connectivity index (χ4v) is 3.23. The lowest BCUT2D eigenvalue weighted by atomic mass is 10.0. The maximum atomic E-state index is 12.3. The molecule has 2 aliphatic heterocycles. The van der Waals surface area contributed by atoms with Crippen LogP contribution in [-0.2, 0) is 4.74 Å². The molecule has 2 saturated heterocycles. The lowest BCUT2D eigenvalue weighted by Gasteiger charge is -2.37. The summed E-state index contributed by atoms with van der Waals surface area (Å²) >= 11 is 0. The van der Waals surface area contributed by atoms with Gasteiger partial charge in [0, 0.05) is 38.8 Å². The minimum absolute atomic E-state index is 0.0651. The van der Waals surface area contributed by atoms with Crippen LogP contribution >= 0.6 is 0 Å². The number of nitrogens with zero attached hydrogens (tertiary/aromatic N) is 2. The molecule has 5 nitrogen and oxygen atoms in total. The zero-order chi connectivity index (χ0) is 15.4. The molecule has 2 rings (SSSR count). The summed E-state index contributed by atoms with van der Waals surface area (Å²) in [6, 6.07) is 0.364. The van der Waals surface area contributed by atoms with Crippen LogP contribution in [0.2, 0.25) is 0 Å². The molecule has 2 amide bonds. The van der Waals surface area contributed by atoms with Gasteiger partial charge in [-0.15, -0.1) is 0 Å². The van der Waals surface area contributed by atoms with Gasteiger partial charge >= 0.3 is 6.03 Å². The van der Waals surface area contributed by atoms with E-state index in [2.05, 4.69) is 23.7 Å². The van der Waals surface area contributed by atoms with E-state index >= 15 is 0 Å². The fraction of sp³-hybridized carbons (Fsp3) is 0.812. The predicted octanol–water partition coefficient (Wildman–Crippen LogP) is 1.85. The van der Waals surface area contributed by atoms with Crippen molar-refractivity contribution in [3.63, 3.8) is 0 Å². The highest BCUT2D eigenvalue weighted by Gasteiger charge is 2.28. The van der Waals surface area contributed by atoms with Gasteiger partial charge in [0.15, 0.2) is 0 Å². The molecule has 2 heterocycles. The molecule has 0 aromatic rings. The van der Waals surface area contributed by atoms with Crippen LogP contribution < -0.4 is 5.32 Å². The molecule has 0 spiro atoms. The Hall–Kier alpha value is -1.07. The van der Waals surface area contributed by atoms with E-state index in [1.54, 1.807) is 0 Å². The van der Waals surface area contributed by atoms with Crippen molar-refractivity contribution in [3.8, 4) is 0 Å². The Kier molecular flexibility index (Phi) is 5.65. The highest BCUT2D eigenvalue weighted by Crippen LogP contribution is 2.14. The third kappa shape index (κ3) is 5.00. The van der Waals surface area contributed by atoms with Crippen LogP contribution in [0.4, 0.5) is 4.79 Å². The first-order valence-electron chi connectivity index (χ1n) is 8.01. The van der Waals surface area contributed by atoms with Gasteiger partial charge in [0.2, 0.25) is 0 Å². The number of likely N-dealkylation sites (tertiary alicyclic amines) is 1. The largest absolute Gasteiger partial charge is 0.372 e. The molecule has 21 heavy (non-hydrogen) atoms. The van der Waals surface area contributed by atoms with Crippen LogP contribution in [0, 0.1) is 0 Å². The molecule has 0 aromatic carbocycles. The van der Waals surface area contributed by atoms with Gasteiger partial charge in [-0.25, -0.2) is 4.79 Å². The van der Waals surface area contributed by atoms with Gasteiger partial charge in [-0.05, 0) is 33.6 Å². The van der Waals surface area contributed by atoms with E-state index < -0.39 is 0 Å². The number of carbonyl (C=O) groups is 1. The number of hydrogen-bond acceptors (Lipinski definition) is 3. The molecular weight excluding hydrogens is 266 g/mol. The van der Waals surface area contributed by atoms with Crippen molar-refractivity contribution in [1.29, 1.82) is 0 Å². The summed E-state index contributed by atoms with van der Waals surface area (Å²) in [7, 11) is 0. The zero-order valence-corrected chi connectivity index (χ0v) is 13.6. The molecule has 2 unspecified atom stereocenters. The van der Waals surface area contributed by atoms with E-state index in [4.69, 9.17) is 4.74 Å². The van der Waals surface area contributed by atoms with E-state index in [9.17, 15) is 4.79 Å². The normalized spacial score (nSPS) is 28.4. The second kappa shape index (κ2) is 7.27. The number of carbonyl (C=O) groups excluding carboxylic acids is 1. The molecule has 0 bridgehead atoms. The van der Waals surface area contributed by atoms with E-state index in [-0.39, 0.29) is 18.2 Å². The molecule has 2 aliphatic rings. The minimum atomic E-state index is 0.0651. The van der Waals surface area contributed by atoms with E-state index in [1.807, 2.05) is 18.7 Å². The second-order valence-electron chi connectivity index (χ2n) is 6.62. The van der Waals surface area contributed by atoms with Crippen molar-refractivity contribution in [1.82, 2.24) is 15.1 Å². The van der Waals surface area contributed by atoms with Gasteiger partial charge in [-0.1, -0.05) is 12.2 Å². The third-order valence-electron chi connectivity index (χ3n) is 4.12. The van der Waals surface area contributed by atoms with Gasteiger partial charge in [0.05, 0.1) is 12.2 Å². The highest BCUT2D eigenvalue weighted by molar-refractivity contribution is 5.74. The van der Waals surface area contributed by atoms with Crippen molar-refractivity contribution < 1.29 is 9.53 Å². The van der Waals surface area contributed by atoms with Gasteiger partial charge in [0.25, 0.3) is 0 Å². The maximum absolute atomic E-state index is 12.3. The number of amides is 2. The standard InChI is InChI=1S/C16H29N3O2/c1-12(2)9-18-7-5-15(6-8-18)17-16(20)19-10-13(3)21-14(4)11-19/h13-15H,1,5-11H2,2-4H3,(H,17,20). The number of rotatable bonds is 3. The van der Waals surface area contributed by atoms with Gasteiger partial charge < -0.3 is 15.0 Å². The molecule has 0 saturated carbocycles. The molecule has 0 aromatic heterocycles.